The monoisotopic (exact) mass is 388 g/mol. The van der Waals surface area contributed by atoms with Gasteiger partial charge in [-0.1, -0.05) is 17.3 Å². The molecule has 0 aromatic carbocycles. The quantitative estimate of drug-likeness (QED) is 0.649. The highest BCUT2D eigenvalue weighted by molar-refractivity contribution is 7.13. The Labute approximate surface area is 160 Å². The van der Waals surface area contributed by atoms with Gasteiger partial charge in [-0.2, -0.15) is 4.98 Å². The van der Waals surface area contributed by atoms with Crippen LogP contribution in [0.1, 0.15) is 22.0 Å². The molecule has 0 radical (unpaired) electrons. The number of carbonyl (C=O) groups excluding carboxylic acids is 1. The van der Waals surface area contributed by atoms with E-state index in [1.165, 1.54) is 11.3 Å². The molecule has 26 heavy (non-hydrogen) atoms. The second-order valence-corrected chi connectivity index (χ2v) is 8.10. The molecule has 0 saturated carbocycles. The van der Waals surface area contributed by atoms with Crippen LogP contribution in [0.5, 0.6) is 0 Å². The molecule has 3 aromatic rings. The summed E-state index contributed by atoms with van der Waals surface area (Å²) >= 11 is 3.12. The van der Waals surface area contributed by atoms with Crippen molar-refractivity contribution in [1.82, 2.24) is 19.9 Å². The van der Waals surface area contributed by atoms with Crippen molar-refractivity contribution in [1.29, 1.82) is 0 Å². The van der Waals surface area contributed by atoms with Gasteiger partial charge in [0.2, 0.25) is 11.7 Å². The number of rotatable bonds is 6. The van der Waals surface area contributed by atoms with Gasteiger partial charge in [-0.15, -0.1) is 22.7 Å². The van der Waals surface area contributed by atoms with Crippen LogP contribution in [0.3, 0.4) is 0 Å². The van der Waals surface area contributed by atoms with Crippen molar-refractivity contribution in [3.63, 3.8) is 0 Å². The predicted molar refractivity (Wildman–Crippen MR) is 103 cm³/mol. The van der Waals surface area contributed by atoms with Crippen LogP contribution in [0.15, 0.2) is 39.5 Å². The summed E-state index contributed by atoms with van der Waals surface area (Å²) in [7, 11) is 0. The third-order valence-electron chi connectivity index (χ3n) is 4.47. The van der Waals surface area contributed by atoms with E-state index in [4.69, 9.17) is 4.52 Å². The average molecular weight is 389 g/mol. The van der Waals surface area contributed by atoms with Crippen LogP contribution < -0.4 is 0 Å². The van der Waals surface area contributed by atoms with E-state index in [9.17, 15) is 4.79 Å². The number of hydrogen-bond acceptors (Lipinski definition) is 7. The Balaban J connectivity index is 1.20. The van der Waals surface area contributed by atoms with Gasteiger partial charge in [0.1, 0.15) is 0 Å². The Morgan fingerprint density at radius 1 is 1.12 bits per heavy atom. The van der Waals surface area contributed by atoms with E-state index in [0.29, 0.717) is 11.7 Å². The van der Waals surface area contributed by atoms with E-state index in [1.807, 2.05) is 39.9 Å². The molecule has 1 amide bonds. The van der Waals surface area contributed by atoms with E-state index in [0.717, 1.165) is 55.3 Å². The SMILES string of the molecule is O=C(c1cccs1)N1CCN(CCCc2nc(-c3cccs3)no2)CC1. The summed E-state index contributed by atoms with van der Waals surface area (Å²) in [5, 5.41) is 8.00. The van der Waals surface area contributed by atoms with Crippen molar-refractivity contribution in [2.45, 2.75) is 12.8 Å². The lowest BCUT2D eigenvalue weighted by atomic mass is 10.2. The molecule has 4 heterocycles. The molecular weight excluding hydrogens is 368 g/mol. The molecular formula is C18H20N4O2S2. The highest BCUT2D eigenvalue weighted by Crippen LogP contribution is 2.21. The van der Waals surface area contributed by atoms with Gasteiger partial charge in [-0.05, 0) is 35.9 Å². The molecule has 3 aromatic heterocycles. The fourth-order valence-electron chi connectivity index (χ4n) is 3.05. The molecule has 6 nitrogen and oxygen atoms in total. The van der Waals surface area contributed by atoms with E-state index in [2.05, 4.69) is 15.0 Å². The Hall–Kier alpha value is -2.03. The number of piperazine rings is 1. The Morgan fingerprint density at radius 2 is 1.92 bits per heavy atom. The maximum Gasteiger partial charge on any atom is 0.264 e. The summed E-state index contributed by atoms with van der Waals surface area (Å²) in [6.45, 7) is 4.40. The molecule has 136 valence electrons. The first kappa shape index (κ1) is 17.4. The van der Waals surface area contributed by atoms with Crippen LogP contribution in [-0.4, -0.2) is 58.6 Å². The molecule has 0 bridgehead atoms. The Bertz CT molecular complexity index is 821. The number of nitrogens with zero attached hydrogens (tertiary/aromatic N) is 4. The summed E-state index contributed by atoms with van der Waals surface area (Å²) in [5.74, 6) is 1.53. The molecule has 0 N–H and O–H groups in total. The third-order valence-corrected chi connectivity index (χ3v) is 6.19. The molecule has 0 unspecified atom stereocenters. The van der Waals surface area contributed by atoms with Gasteiger partial charge in [-0.25, -0.2) is 0 Å². The average Bonchev–Trinajstić information content (AvgIpc) is 3.43. The minimum atomic E-state index is 0.159. The molecule has 0 aliphatic carbocycles. The maximum absolute atomic E-state index is 12.4. The van der Waals surface area contributed by atoms with Crippen LogP contribution in [0.25, 0.3) is 10.7 Å². The second-order valence-electron chi connectivity index (χ2n) is 6.20. The van der Waals surface area contributed by atoms with Crippen LogP contribution in [0, 0.1) is 0 Å². The van der Waals surface area contributed by atoms with Crippen molar-refractivity contribution in [2.75, 3.05) is 32.7 Å². The lowest BCUT2D eigenvalue weighted by molar-refractivity contribution is 0.0640. The van der Waals surface area contributed by atoms with Crippen molar-refractivity contribution in [3.8, 4) is 10.7 Å². The first-order valence-corrected chi connectivity index (χ1v) is 10.5. The Morgan fingerprint density at radius 3 is 2.65 bits per heavy atom. The maximum atomic E-state index is 12.4. The molecule has 1 aliphatic heterocycles. The molecule has 0 spiro atoms. The minimum Gasteiger partial charge on any atom is -0.339 e. The molecule has 0 atom stereocenters. The number of thiophene rings is 2. The van der Waals surface area contributed by atoms with Crippen molar-refractivity contribution in [2.24, 2.45) is 0 Å². The first-order valence-electron chi connectivity index (χ1n) is 8.71. The van der Waals surface area contributed by atoms with Gasteiger partial charge in [-0.3, -0.25) is 9.69 Å². The van der Waals surface area contributed by atoms with Crippen LogP contribution in [-0.2, 0) is 6.42 Å². The topological polar surface area (TPSA) is 62.5 Å². The summed E-state index contributed by atoms with van der Waals surface area (Å²) in [5.41, 5.74) is 0. The fourth-order valence-corrected chi connectivity index (χ4v) is 4.39. The number of amides is 1. The van der Waals surface area contributed by atoms with E-state index < -0.39 is 0 Å². The van der Waals surface area contributed by atoms with Gasteiger partial charge in [0.15, 0.2) is 0 Å². The van der Waals surface area contributed by atoms with Crippen molar-refractivity contribution >= 4 is 28.6 Å². The first-order chi connectivity index (χ1) is 12.8. The highest BCUT2D eigenvalue weighted by Gasteiger charge is 2.22. The number of hydrogen-bond donors (Lipinski definition) is 0. The number of carbonyl (C=O) groups is 1. The lowest BCUT2D eigenvalue weighted by Gasteiger charge is -2.34. The summed E-state index contributed by atoms with van der Waals surface area (Å²) in [6, 6.07) is 7.80. The van der Waals surface area contributed by atoms with Crippen LogP contribution >= 0.6 is 22.7 Å². The van der Waals surface area contributed by atoms with Gasteiger partial charge < -0.3 is 9.42 Å². The summed E-state index contributed by atoms with van der Waals surface area (Å²) < 4.78 is 5.34. The van der Waals surface area contributed by atoms with Crippen molar-refractivity contribution < 1.29 is 9.32 Å². The third kappa shape index (κ3) is 4.03. The van der Waals surface area contributed by atoms with E-state index in [-0.39, 0.29) is 5.91 Å². The zero-order valence-electron chi connectivity index (χ0n) is 14.3. The molecule has 1 saturated heterocycles. The molecule has 4 rings (SSSR count). The van der Waals surface area contributed by atoms with Gasteiger partial charge >= 0.3 is 0 Å². The lowest BCUT2D eigenvalue weighted by Crippen LogP contribution is -2.48. The molecule has 8 heteroatoms. The molecule has 1 aliphatic rings. The predicted octanol–water partition coefficient (Wildman–Crippen LogP) is 3.25. The van der Waals surface area contributed by atoms with Crippen LogP contribution in [0.2, 0.25) is 0 Å². The van der Waals surface area contributed by atoms with Gasteiger partial charge in [0.05, 0.1) is 9.75 Å². The second kappa shape index (κ2) is 8.11. The minimum absolute atomic E-state index is 0.159. The van der Waals surface area contributed by atoms with E-state index in [1.54, 1.807) is 11.3 Å². The fraction of sp³-hybridized carbons (Fsp3) is 0.389. The number of aryl methyl sites for hydroxylation is 1. The Kier molecular flexibility index (Phi) is 5.42. The largest absolute Gasteiger partial charge is 0.339 e. The van der Waals surface area contributed by atoms with Crippen molar-refractivity contribution in [3.05, 3.63) is 45.8 Å². The zero-order valence-corrected chi connectivity index (χ0v) is 16.0. The van der Waals surface area contributed by atoms with E-state index >= 15 is 0 Å². The summed E-state index contributed by atoms with van der Waals surface area (Å²) in [6.07, 6.45) is 1.76. The zero-order chi connectivity index (χ0) is 17.8. The van der Waals surface area contributed by atoms with Gasteiger partial charge in [0, 0.05) is 32.6 Å². The standard InChI is InChI=1S/C18H20N4O2S2/c23-18(15-5-3-13-26-15)22-10-8-21(9-11-22)7-1-6-16-19-17(20-24-16)14-4-2-12-25-14/h2-5,12-13H,1,6-11H2. The van der Waals surface area contributed by atoms with Crippen LogP contribution in [0.4, 0.5) is 0 Å². The number of aromatic nitrogens is 2. The van der Waals surface area contributed by atoms with Gasteiger partial charge in [0.25, 0.3) is 5.91 Å². The molecule has 1 fully saturated rings. The smallest absolute Gasteiger partial charge is 0.264 e. The summed E-state index contributed by atoms with van der Waals surface area (Å²) in [4.78, 5) is 23.0. The normalized spacial score (nSPS) is 15.5. The highest BCUT2D eigenvalue weighted by atomic mass is 32.1.